The van der Waals surface area contributed by atoms with E-state index in [9.17, 15) is 0 Å². The Bertz CT molecular complexity index is 2720. The molecule has 8 rings (SSSR count). The largest absolute Gasteiger partial charge is 0.310 e. The van der Waals surface area contributed by atoms with Crippen molar-refractivity contribution >= 4 is 62.4 Å². The molecule has 1 aliphatic carbocycles. The Labute approximate surface area is 319 Å². The minimum absolute atomic E-state index is 0.440. The summed E-state index contributed by atoms with van der Waals surface area (Å²) in [6.07, 6.45) is 16.8. The van der Waals surface area contributed by atoms with E-state index in [1.165, 1.54) is 59.8 Å². The van der Waals surface area contributed by atoms with E-state index in [0.717, 1.165) is 34.6 Å². The molecule has 0 spiro atoms. The molecule has 262 valence electrons. The highest BCUT2D eigenvalue weighted by Gasteiger charge is 2.19. The fourth-order valence-corrected chi connectivity index (χ4v) is 7.86. The Kier molecular flexibility index (Phi) is 9.79. The number of fused-ring (bicyclic) bond motifs is 3. The minimum atomic E-state index is 0.440. The van der Waals surface area contributed by atoms with Crippen LogP contribution in [0.5, 0.6) is 0 Å². The van der Waals surface area contributed by atoms with Gasteiger partial charge < -0.3 is 4.90 Å². The van der Waals surface area contributed by atoms with Crippen molar-refractivity contribution in [2.45, 2.75) is 27.2 Å². The summed E-state index contributed by atoms with van der Waals surface area (Å²) >= 11 is 0. The maximum atomic E-state index is 4.67. The van der Waals surface area contributed by atoms with E-state index < -0.39 is 0 Å². The van der Waals surface area contributed by atoms with Crippen molar-refractivity contribution in [2.75, 3.05) is 4.90 Å². The molecule has 0 amide bonds. The van der Waals surface area contributed by atoms with Gasteiger partial charge in [0, 0.05) is 16.8 Å². The molecule has 0 bridgehead atoms. The molecule has 0 N–H and O–H groups in total. The van der Waals surface area contributed by atoms with E-state index in [0.29, 0.717) is 5.92 Å². The fourth-order valence-electron chi connectivity index (χ4n) is 7.86. The SMILES string of the molecule is C=C(\C=C/C(=C\C)/C=C/c1cccc(C)c1)c1c2c(c(-c3ccc(N(c4ccccc4)c4cccc5ccccc45)cc3)c3ccccc13)=CC(C)CC=2. The summed E-state index contributed by atoms with van der Waals surface area (Å²) < 4.78 is 0. The second-order valence-corrected chi connectivity index (χ2v) is 14.3. The molecule has 1 unspecified atom stereocenters. The van der Waals surface area contributed by atoms with Crippen LogP contribution in [0.25, 0.3) is 56.5 Å². The third kappa shape index (κ3) is 6.89. The van der Waals surface area contributed by atoms with Crippen molar-refractivity contribution in [3.8, 4) is 11.1 Å². The Morgan fingerprint density at radius 3 is 2.13 bits per heavy atom. The van der Waals surface area contributed by atoms with Crippen LogP contribution in [0.15, 0.2) is 182 Å². The van der Waals surface area contributed by atoms with Crippen LogP contribution in [0.3, 0.4) is 0 Å². The maximum Gasteiger partial charge on any atom is 0.0540 e. The Hall–Kier alpha value is -6.44. The number of para-hydroxylation sites is 1. The van der Waals surface area contributed by atoms with Gasteiger partial charge in [-0.3, -0.25) is 0 Å². The summed E-state index contributed by atoms with van der Waals surface area (Å²) in [5, 5.41) is 7.49. The van der Waals surface area contributed by atoms with E-state index in [1.54, 1.807) is 0 Å². The molecular weight excluding hydrogens is 651 g/mol. The monoisotopic (exact) mass is 695 g/mol. The Balaban J connectivity index is 1.22. The van der Waals surface area contributed by atoms with Crippen molar-refractivity contribution in [3.63, 3.8) is 0 Å². The fraction of sp³-hybridized carbons (Fsp3) is 0.0943. The van der Waals surface area contributed by atoms with Crippen LogP contribution in [-0.2, 0) is 0 Å². The number of nitrogens with zero attached hydrogens (tertiary/aromatic N) is 1. The third-order valence-electron chi connectivity index (χ3n) is 10.5. The molecular formula is C53H45N. The minimum Gasteiger partial charge on any atom is -0.310 e. The molecule has 1 heteroatoms. The lowest BCUT2D eigenvalue weighted by Crippen LogP contribution is -2.34. The molecule has 54 heavy (non-hydrogen) atoms. The normalized spacial score (nSPS) is 14.3. The first-order valence-corrected chi connectivity index (χ1v) is 19.0. The van der Waals surface area contributed by atoms with Crippen molar-refractivity contribution in [1.82, 2.24) is 0 Å². The van der Waals surface area contributed by atoms with E-state index in [4.69, 9.17) is 0 Å². The van der Waals surface area contributed by atoms with Crippen LogP contribution < -0.4 is 15.3 Å². The van der Waals surface area contributed by atoms with Gasteiger partial charge in [-0.05, 0) is 117 Å². The zero-order chi connectivity index (χ0) is 37.0. The molecule has 0 saturated carbocycles. The quantitative estimate of drug-likeness (QED) is 0.136. The standard InChI is InChI=1S/C53H45N/c1-5-40(28-29-41-16-13-15-37(2)35-41)27-26-39(4)52-47-22-11-12-23-48(47)53(50-36-38(3)25-34-49(50)52)43-30-32-45(33-31-43)54(44-19-7-6-8-20-44)51-24-14-18-42-17-9-10-21-46(42)51/h5-24,26-36,38H,4,25H2,1-3H3/b27-26-,29-28+,40-5+. The van der Waals surface area contributed by atoms with Gasteiger partial charge in [-0.15, -0.1) is 0 Å². The third-order valence-corrected chi connectivity index (χ3v) is 10.5. The van der Waals surface area contributed by atoms with Crippen molar-refractivity contribution in [2.24, 2.45) is 5.92 Å². The summed E-state index contributed by atoms with van der Waals surface area (Å²) in [7, 11) is 0. The molecule has 1 nitrogen and oxygen atoms in total. The Morgan fingerprint density at radius 1 is 0.667 bits per heavy atom. The highest BCUT2D eigenvalue weighted by atomic mass is 15.1. The van der Waals surface area contributed by atoms with E-state index in [-0.39, 0.29) is 0 Å². The molecule has 0 saturated heterocycles. The number of rotatable bonds is 9. The predicted molar refractivity (Wildman–Crippen MR) is 236 cm³/mol. The summed E-state index contributed by atoms with van der Waals surface area (Å²) in [5.74, 6) is 0.440. The number of hydrogen-bond donors (Lipinski definition) is 0. The topological polar surface area (TPSA) is 3.24 Å². The van der Waals surface area contributed by atoms with E-state index in [2.05, 4.69) is 220 Å². The van der Waals surface area contributed by atoms with E-state index in [1.807, 2.05) is 0 Å². The number of hydrogen-bond acceptors (Lipinski definition) is 1. The second kappa shape index (κ2) is 15.3. The molecule has 1 atom stereocenters. The number of aryl methyl sites for hydroxylation is 1. The molecule has 7 aromatic carbocycles. The van der Waals surface area contributed by atoms with E-state index >= 15 is 0 Å². The second-order valence-electron chi connectivity index (χ2n) is 14.3. The van der Waals surface area contributed by atoms with Crippen LogP contribution in [-0.4, -0.2) is 0 Å². The number of allylic oxidation sites excluding steroid dienone is 6. The van der Waals surface area contributed by atoms with Gasteiger partial charge in [0.05, 0.1) is 5.69 Å². The van der Waals surface area contributed by atoms with Gasteiger partial charge in [0.15, 0.2) is 0 Å². The van der Waals surface area contributed by atoms with Crippen LogP contribution in [0.2, 0.25) is 0 Å². The highest BCUT2D eigenvalue weighted by molar-refractivity contribution is 6.05. The van der Waals surface area contributed by atoms with Crippen LogP contribution >= 0.6 is 0 Å². The van der Waals surface area contributed by atoms with Gasteiger partial charge in [-0.25, -0.2) is 0 Å². The first kappa shape index (κ1) is 34.6. The molecule has 0 aliphatic heterocycles. The molecule has 0 radical (unpaired) electrons. The van der Waals surface area contributed by atoms with Gasteiger partial charge in [0.1, 0.15) is 0 Å². The highest BCUT2D eigenvalue weighted by Crippen LogP contribution is 2.40. The van der Waals surface area contributed by atoms with Crippen molar-refractivity contribution in [1.29, 1.82) is 0 Å². The lowest BCUT2D eigenvalue weighted by molar-refractivity contribution is 0.801. The molecule has 0 heterocycles. The predicted octanol–water partition coefficient (Wildman–Crippen LogP) is 13.3. The average Bonchev–Trinajstić information content (AvgIpc) is 3.21. The smallest absolute Gasteiger partial charge is 0.0540 e. The summed E-state index contributed by atoms with van der Waals surface area (Å²) in [4.78, 5) is 2.37. The van der Waals surface area contributed by atoms with Crippen LogP contribution in [0.1, 0.15) is 37.0 Å². The average molecular weight is 696 g/mol. The van der Waals surface area contributed by atoms with Gasteiger partial charge in [0.2, 0.25) is 0 Å². The zero-order valence-corrected chi connectivity index (χ0v) is 31.3. The summed E-state index contributed by atoms with van der Waals surface area (Å²) in [6.45, 7) is 11.2. The van der Waals surface area contributed by atoms with Crippen molar-refractivity contribution in [3.05, 3.63) is 209 Å². The zero-order valence-electron chi connectivity index (χ0n) is 31.3. The molecule has 7 aromatic rings. The summed E-state index contributed by atoms with van der Waals surface area (Å²) in [5.41, 5.74) is 11.7. The number of anilines is 3. The van der Waals surface area contributed by atoms with Crippen LogP contribution in [0, 0.1) is 12.8 Å². The molecule has 1 aliphatic rings. The van der Waals surface area contributed by atoms with Gasteiger partial charge in [0.25, 0.3) is 0 Å². The summed E-state index contributed by atoms with van der Waals surface area (Å²) in [6, 6.07) is 52.5. The lowest BCUT2D eigenvalue weighted by Gasteiger charge is -2.27. The van der Waals surface area contributed by atoms with Gasteiger partial charge >= 0.3 is 0 Å². The maximum absolute atomic E-state index is 4.67. The first-order chi connectivity index (χ1) is 26.5. The number of benzene rings is 7. The van der Waals surface area contributed by atoms with Crippen LogP contribution in [0.4, 0.5) is 17.1 Å². The molecule has 0 aromatic heterocycles. The van der Waals surface area contributed by atoms with Crippen molar-refractivity contribution < 1.29 is 0 Å². The molecule has 0 fully saturated rings. The lowest BCUT2D eigenvalue weighted by atomic mass is 9.84. The Morgan fingerprint density at radius 2 is 1.35 bits per heavy atom. The first-order valence-electron chi connectivity index (χ1n) is 19.0. The van der Waals surface area contributed by atoms with Gasteiger partial charge in [-0.1, -0.05) is 177 Å². The van der Waals surface area contributed by atoms with Gasteiger partial charge in [-0.2, -0.15) is 0 Å².